The van der Waals surface area contributed by atoms with Gasteiger partial charge in [0.1, 0.15) is 5.82 Å². The summed E-state index contributed by atoms with van der Waals surface area (Å²) in [7, 11) is 0. The van der Waals surface area contributed by atoms with Crippen LogP contribution in [0.2, 0.25) is 0 Å². The lowest BCUT2D eigenvalue weighted by Crippen LogP contribution is -2.21. The van der Waals surface area contributed by atoms with Crippen LogP contribution in [0.4, 0.5) is 4.39 Å². The molecule has 5 heteroatoms. The summed E-state index contributed by atoms with van der Waals surface area (Å²) >= 11 is 0. The zero-order valence-corrected chi connectivity index (χ0v) is 8.58. The van der Waals surface area contributed by atoms with Crippen molar-refractivity contribution in [2.24, 2.45) is 0 Å². The number of hydrogen-bond acceptors (Lipinski definition) is 2. The van der Waals surface area contributed by atoms with Crippen LogP contribution in [0.3, 0.4) is 0 Å². The maximum Gasteiger partial charge on any atom is 0.258 e. The van der Waals surface area contributed by atoms with Crippen molar-refractivity contribution in [3.8, 4) is 0 Å². The fraction of sp³-hybridized carbons (Fsp3) is 0. The Bertz CT molecular complexity index is 685. The molecule has 2 heterocycles. The number of aromatic amines is 1. The molecule has 0 radical (unpaired) electrons. The van der Waals surface area contributed by atoms with Gasteiger partial charge in [-0.1, -0.05) is 0 Å². The van der Waals surface area contributed by atoms with E-state index in [-0.39, 0.29) is 11.4 Å². The van der Waals surface area contributed by atoms with Crippen molar-refractivity contribution in [2.75, 3.05) is 0 Å². The first-order valence-electron chi connectivity index (χ1n) is 4.99. The van der Waals surface area contributed by atoms with Gasteiger partial charge in [-0.25, -0.2) is 4.39 Å². The monoisotopic (exact) mass is 230 g/mol. The number of rotatable bonds is 1. The zero-order chi connectivity index (χ0) is 12.0. The molecule has 4 nitrogen and oxygen atoms in total. The summed E-state index contributed by atoms with van der Waals surface area (Å²) in [5.41, 5.74) is 1.50. The van der Waals surface area contributed by atoms with Crippen molar-refractivity contribution in [1.29, 1.82) is 0 Å². The summed E-state index contributed by atoms with van der Waals surface area (Å²) in [6, 6.07) is 4.25. The number of fused-ring (bicyclic) bond motifs is 1. The number of nitrogens with one attached hydrogen (secondary N) is 2. The number of imide groups is 1. The molecule has 0 bridgehead atoms. The average Bonchev–Trinajstić information content (AvgIpc) is 2.81. The molecule has 0 saturated heterocycles. The highest BCUT2D eigenvalue weighted by molar-refractivity contribution is 6.35. The van der Waals surface area contributed by atoms with Gasteiger partial charge in [-0.2, -0.15) is 0 Å². The Morgan fingerprint density at radius 3 is 2.71 bits per heavy atom. The van der Waals surface area contributed by atoms with Crippen LogP contribution >= 0.6 is 0 Å². The quantitative estimate of drug-likeness (QED) is 0.726. The maximum atomic E-state index is 13.2. The van der Waals surface area contributed by atoms with Gasteiger partial charge >= 0.3 is 0 Å². The molecule has 0 spiro atoms. The van der Waals surface area contributed by atoms with Crippen LogP contribution in [0.25, 0.3) is 16.5 Å². The zero-order valence-electron chi connectivity index (χ0n) is 8.58. The summed E-state index contributed by atoms with van der Waals surface area (Å²) in [5, 5.41) is 2.74. The molecular weight excluding hydrogens is 223 g/mol. The summed E-state index contributed by atoms with van der Waals surface area (Å²) in [5.74, 6) is -1.29. The van der Waals surface area contributed by atoms with Gasteiger partial charge in [-0.05, 0) is 18.2 Å². The Morgan fingerprint density at radius 1 is 1.18 bits per heavy atom. The highest BCUT2D eigenvalue weighted by atomic mass is 19.1. The number of aromatic nitrogens is 1. The highest BCUT2D eigenvalue weighted by Gasteiger charge is 2.24. The molecule has 1 aromatic carbocycles. The summed E-state index contributed by atoms with van der Waals surface area (Å²) in [4.78, 5) is 25.5. The van der Waals surface area contributed by atoms with E-state index in [2.05, 4.69) is 10.3 Å². The van der Waals surface area contributed by atoms with E-state index in [1.54, 1.807) is 12.3 Å². The molecule has 17 heavy (non-hydrogen) atoms. The van der Waals surface area contributed by atoms with Gasteiger partial charge in [-0.15, -0.1) is 0 Å². The Hall–Kier alpha value is -2.43. The van der Waals surface area contributed by atoms with E-state index in [1.807, 2.05) is 0 Å². The molecule has 1 aliphatic heterocycles. The normalized spacial score (nSPS) is 15.2. The molecular formula is C12H7FN2O2. The molecule has 0 fully saturated rings. The lowest BCUT2D eigenvalue weighted by atomic mass is 10.1. The van der Waals surface area contributed by atoms with Crippen molar-refractivity contribution in [3.63, 3.8) is 0 Å². The topological polar surface area (TPSA) is 62.0 Å². The molecule has 0 aliphatic carbocycles. The van der Waals surface area contributed by atoms with Crippen LogP contribution in [-0.4, -0.2) is 16.8 Å². The van der Waals surface area contributed by atoms with Crippen molar-refractivity contribution in [3.05, 3.63) is 41.9 Å². The first-order chi connectivity index (χ1) is 8.15. The van der Waals surface area contributed by atoms with E-state index in [1.165, 1.54) is 18.2 Å². The van der Waals surface area contributed by atoms with Crippen LogP contribution < -0.4 is 5.32 Å². The van der Waals surface area contributed by atoms with Crippen LogP contribution in [0.5, 0.6) is 0 Å². The number of amides is 2. The molecule has 0 atom stereocenters. The lowest BCUT2D eigenvalue weighted by molar-refractivity contribution is -0.123. The maximum absolute atomic E-state index is 13.2. The standard InChI is InChI=1S/C12H7FN2O2/c13-6-1-2-10-7(3-6)9(5-14-10)8-4-11(16)15-12(8)17/h1-5,14H,(H,15,16,17). The van der Waals surface area contributed by atoms with E-state index < -0.39 is 11.8 Å². The van der Waals surface area contributed by atoms with Gasteiger partial charge in [0, 0.05) is 28.7 Å². The number of carbonyl (C=O) groups is 2. The molecule has 84 valence electrons. The molecule has 2 amide bonds. The molecule has 0 unspecified atom stereocenters. The predicted molar refractivity (Wildman–Crippen MR) is 59.4 cm³/mol. The summed E-state index contributed by atoms with van der Waals surface area (Å²) in [6.07, 6.45) is 2.81. The van der Waals surface area contributed by atoms with Gasteiger partial charge < -0.3 is 4.98 Å². The minimum absolute atomic E-state index is 0.256. The molecule has 0 saturated carbocycles. The number of benzene rings is 1. The van der Waals surface area contributed by atoms with Gasteiger partial charge in [-0.3, -0.25) is 14.9 Å². The predicted octanol–water partition coefficient (Wildman–Crippen LogP) is 1.35. The van der Waals surface area contributed by atoms with Crippen LogP contribution in [0.1, 0.15) is 5.56 Å². The van der Waals surface area contributed by atoms with Gasteiger partial charge in [0.05, 0.1) is 5.57 Å². The largest absolute Gasteiger partial charge is 0.361 e. The highest BCUT2D eigenvalue weighted by Crippen LogP contribution is 2.27. The van der Waals surface area contributed by atoms with Crippen molar-refractivity contribution in [2.45, 2.75) is 0 Å². The molecule has 2 N–H and O–H groups in total. The van der Waals surface area contributed by atoms with Crippen molar-refractivity contribution < 1.29 is 14.0 Å². The van der Waals surface area contributed by atoms with Gasteiger partial charge in [0.2, 0.25) is 0 Å². The van der Waals surface area contributed by atoms with E-state index >= 15 is 0 Å². The van der Waals surface area contributed by atoms with Crippen molar-refractivity contribution in [1.82, 2.24) is 10.3 Å². The minimum atomic E-state index is -0.458. The second kappa shape index (κ2) is 3.28. The van der Waals surface area contributed by atoms with E-state index in [0.29, 0.717) is 10.9 Å². The second-order valence-corrected chi connectivity index (χ2v) is 3.77. The first-order valence-corrected chi connectivity index (χ1v) is 4.99. The Kier molecular flexibility index (Phi) is 1.89. The third-order valence-corrected chi connectivity index (χ3v) is 2.69. The summed E-state index contributed by atoms with van der Waals surface area (Å²) in [6.45, 7) is 0. The Balaban J connectivity index is 2.25. The SMILES string of the molecule is O=C1C=C(c2c[nH]c3ccc(F)cc23)C(=O)N1. The lowest BCUT2D eigenvalue weighted by Gasteiger charge is -1.97. The first kappa shape index (κ1) is 9.77. The fourth-order valence-corrected chi connectivity index (χ4v) is 1.93. The summed E-state index contributed by atoms with van der Waals surface area (Å²) < 4.78 is 13.2. The minimum Gasteiger partial charge on any atom is -0.361 e. The van der Waals surface area contributed by atoms with Crippen LogP contribution in [0, 0.1) is 5.82 Å². The fourth-order valence-electron chi connectivity index (χ4n) is 1.93. The van der Waals surface area contributed by atoms with Crippen molar-refractivity contribution >= 4 is 28.3 Å². The second-order valence-electron chi connectivity index (χ2n) is 3.77. The van der Waals surface area contributed by atoms with Crippen LogP contribution in [-0.2, 0) is 9.59 Å². The number of carbonyl (C=O) groups excluding carboxylic acids is 2. The van der Waals surface area contributed by atoms with E-state index in [4.69, 9.17) is 0 Å². The van der Waals surface area contributed by atoms with Gasteiger partial charge in [0.15, 0.2) is 0 Å². The van der Waals surface area contributed by atoms with E-state index in [9.17, 15) is 14.0 Å². The Morgan fingerprint density at radius 2 is 2.00 bits per heavy atom. The number of hydrogen-bond donors (Lipinski definition) is 2. The van der Waals surface area contributed by atoms with E-state index in [0.717, 1.165) is 5.52 Å². The van der Waals surface area contributed by atoms with Crippen LogP contribution in [0.15, 0.2) is 30.5 Å². The molecule has 1 aliphatic rings. The third kappa shape index (κ3) is 1.44. The Labute approximate surface area is 95.1 Å². The molecule has 3 rings (SSSR count). The molecule has 2 aromatic rings. The average molecular weight is 230 g/mol. The smallest absolute Gasteiger partial charge is 0.258 e. The van der Waals surface area contributed by atoms with Gasteiger partial charge in [0.25, 0.3) is 11.8 Å². The third-order valence-electron chi connectivity index (χ3n) is 2.69. The number of H-pyrrole nitrogens is 1. The number of halogens is 1. The molecule has 1 aromatic heterocycles.